The standard InChI is InChI=1S/C26H26/c1-2-3-4-17-26(24-18-9-13-20-11-5-7-15-22(20)24)25-19-10-14-21-12-6-8-16-23(21)25/h5-16,18-19,26H,2-4,17H2,1H3. The predicted molar refractivity (Wildman–Crippen MR) is 114 cm³/mol. The summed E-state index contributed by atoms with van der Waals surface area (Å²) in [5.41, 5.74) is 2.94. The zero-order valence-electron chi connectivity index (χ0n) is 15.5. The quantitative estimate of drug-likeness (QED) is 0.316. The van der Waals surface area contributed by atoms with Gasteiger partial charge in [-0.3, -0.25) is 0 Å². The Bertz CT molecular complexity index is 923. The molecule has 0 aromatic heterocycles. The summed E-state index contributed by atoms with van der Waals surface area (Å²) in [7, 11) is 0. The lowest BCUT2D eigenvalue weighted by Crippen LogP contribution is -2.03. The van der Waals surface area contributed by atoms with Crippen molar-refractivity contribution in [3.8, 4) is 0 Å². The Balaban J connectivity index is 1.89. The highest BCUT2D eigenvalue weighted by Gasteiger charge is 2.18. The van der Waals surface area contributed by atoms with Crippen molar-refractivity contribution in [2.24, 2.45) is 0 Å². The van der Waals surface area contributed by atoms with Gasteiger partial charge in [0.05, 0.1) is 0 Å². The van der Waals surface area contributed by atoms with Gasteiger partial charge in [0.15, 0.2) is 0 Å². The zero-order chi connectivity index (χ0) is 17.8. The van der Waals surface area contributed by atoms with E-state index in [1.807, 2.05) is 0 Å². The maximum atomic E-state index is 2.33. The van der Waals surface area contributed by atoms with Crippen LogP contribution < -0.4 is 0 Å². The highest BCUT2D eigenvalue weighted by Crippen LogP contribution is 2.37. The molecule has 4 aromatic carbocycles. The van der Waals surface area contributed by atoms with Crippen LogP contribution in [0.1, 0.15) is 49.7 Å². The maximum Gasteiger partial charge on any atom is 0.0102 e. The van der Waals surface area contributed by atoms with Gasteiger partial charge in [0.2, 0.25) is 0 Å². The van der Waals surface area contributed by atoms with Crippen LogP contribution in [0.2, 0.25) is 0 Å². The first-order valence-electron chi connectivity index (χ1n) is 9.84. The van der Waals surface area contributed by atoms with Crippen LogP contribution >= 0.6 is 0 Å². The molecule has 130 valence electrons. The highest BCUT2D eigenvalue weighted by atomic mass is 14.2. The van der Waals surface area contributed by atoms with E-state index >= 15 is 0 Å². The van der Waals surface area contributed by atoms with Crippen LogP contribution in [0.5, 0.6) is 0 Å². The molecule has 0 fully saturated rings. The molecular formula is C26H26. The number of hydrogen-bond acceptors (Lipinski definition) is 0. The summed E-state index contributed by atoms with van der Waals surface area (Å²) in [6, 6.07) is 31.2. The fraction of sp³-hybridized carbons (Fsp3) is 0.231. The Morgan fingerprint density at radius 1 is 0.577 bits per heavy atom. The van der Waals surface area contributed by atoms with Crippen LogP contribution in [0.4, 0.5) is 0 Å². The predicted octanol–water partition coefficient (Wildman–Crippen LogP) is 7.71. The van der Waals surface area contributed by atoms with Gasteiger partial charge in [0, 0.05) is 5.92 Å². The summed E-state index contributed by atoms with van der Waals surface area (Å²) in [5, 5.41) is 5.46. The van der Waals surface area contributed by atoms with Gasteiger partial charge in [-0.05, 0) is 39.1 Å². The zero-order valence-corrected chi connectivity index (χ0v) is 15.5. The molecule has 0 atom stereocenters. The van der Waals surface area contributed by atoms with Crippen LogP contribution in [0.15, 0.2) is 84.9 Å². The summed E-state index contributed by atoms with van der Waals surface area (Å²) < 4.78 is 0. The van der Waals surface area contributed by atoms with Gasteiger partial charge in [-0.1, -0.05) is 111 Å². The van der Waals surface area contributed by atoms with Crippen LogP contribution in [0, 0.1) is 0 Å². The van der Waals surface area contributed by atoms with Gasteiger partial charge in [-0.15, -0.1) is 0 Å². The number of hydrogen-bond donors (Lipinski definition) is 0. The van der Waals surface area contributed by atoms with E-state index in [0.29, 0.717) is 5.92 Å². The van der Waals surface area contributed by atoms with E-state index < -0.39 is 0 Å². The van der Waals surface area contributed by atoms with Crippen molar-refractivity contribution in [1.82, 2.24) is 0 Å². The van der Waals surface area contributed by atoms with Crippen molar-refractivity contribution >= 4 is 21.5 Å². The fourth-order valence-electron chi connectivity index (χ4n) is 4.19. The van der Waals surface area contributed by atoms with Gasteiger partial charge in [-0.25, -0.2) is 0 Å². The van der Waals surface area contributed by atoms with Crippen LogP contribution in [-0.2, 0) is 0 Å². The maximum absolute atomic E-state index is 2.33. The van der Waals surface area contributed by atoms with Gasteiger partial charge in [0.25, 0.3) is 0 Å². The molecule has 0 unspecified atom stereocenters. The molecule has 0 nitrogen and oxygen atoms in total. The molecule has 0 aliphatic carbocycles. The Morgan fingerprint density at radius 3 is 1.62 bits per heavy atom. The van der Waals surface area contributed by atoms with Gasteiger partial charge in [-0.2, -0.15) is 0 Å². The topological polar surface area (TPSA) is 0 Å². The molecule has 0 saturated carbocycles. The van der Waals surface area contributed by atoms with E-state index in [1.54, 1.807) is 0 Å². The second-order valence-electron chi connectivity index (χ2n) is 7.19. The van der Waals surface area contributed by atoms with Gasteiger partial charge >= 0.3 is 0 Å². The number of benzene rings is 4. The minimum atomic E-state index is 0.443. The van der Waals surface area contributed by atoms with E-state index in [0.717, 1.165) is 0 Å². The molecular weight excluding hydrogens is 312 g/mol. The second-order valence-corrected chi connectivity index (χ2v) is 7.19. The summed E-state index contributed by atoms with van der Waals surface area (Å²) >= 11 is 0. The van der Waals surface area contributed by atoms with Crippen molar-refractivity contribution < 1.29 is 0 Å². The van der Waals surface area contributed by atoms with Crippen LogP contribution in [-0.4, -0.2) is 0 Å². The first-order chi connectivity index (χ1) is 12.9. The minimum absolute atomic E-state index is 0.443. The Hall–Kier alpha value is -2.60. The highest BCUT2D eigenvalue weighted by molar-refractivity contribution is 5.90. The van der Waals surface area contributed by atoms with E-state index in [9.17, 15) is 0 Å². The first kappa shape index (κ1) is 16.8. The molecule has 0 amide bonds. The summed E-state index contributed by atoms with van der Waals surface area (Å²) in [6.45, 7) is 2.28. The molecule has 0 heterocycles. The van der Waals surface area contributed by atoms with Crippen molar-refractivity contribution in [1.29, 1.82) is 0 Å². The van der Waals surface area contributed by atoms with E-state index in [1.165, 1.54) is 58.4 Å². The molecule has 0 saturated heterocycles. The smallest absolute Gasteiger partial charge is 0.0102 e. The van der Waals surface area contributed by atoms with Crippen molar-refractivity contribution in [3.63, 3.8) is 0 Å². The molecule has 0 aliphatic heterocycles. The van der Waals surface area contributed by atoms with Crippen LogP contribution in [0.3, 0.4) is 0 Å². The molecule has 0 aliphatic rings. The number of fused-ring (bicyclic) bond motifs is 2. The van der Waals surface area contributed by atoms with E-state index in [4.69, 9.17) is 0 Å². The van der Waals surface area contributed by atoms with Gasteiger partial charge < -0.3 is 0 Å². The average molecular weight is 338 g/mol. The Morgan fingerprint density at radius 2 is 1.08 bits per heavy atom. The van der Waals surface area contributed by atoms with E-state index in [-0.39, 0.29) is 0 Å². The third kappa shape index (κ3) is 3.24. The Labute approximate surface area is 156 Å². The molecule has 0 radical (unpaired) electrons. The van der Waals surface area contributed by atoms with Crippen molar-refractivity contribution in [2.45, 2.75) is 38.5 Å². The molecule has 4 rings (SSSR count). The SMILES string of the molecule is CCCCCC(c1cccc2ccccc12)c1cccc2ccccc12. The van der Waals surface area contributed by atoms with Crippen molar-refractivity contribution in [2.75, 3.05) is 0 Å². The fourth-order valence-corrected chi connectivity index (χ4v) is 4.19. The Kier molecular flexibility index (Phi) is 5.02. The largest absolute Gasteiger partial charge is 0.0654 e. The molecule has 0 heteroatoms. The lowest BCUT2D eigenvalue weighted by molar-refractivity contribution is 0.623. The third-order valence-electron chi connectivity index (χ3n) is 5.49. The monoisotopic (exact) mass is 338 g/mol. The van der Waals surface area contributed by atoms with Crippen molar-refractivity contribution in [3.05, 3.63) is 96.1 Å². The molecule has 26 heavy (non-hydrogen) atoms. The molecule has 0 N–H and O–H groups in total. The lowest BCUT2D eigenvalue weighted by Gasteiger charge is -2.22. The molecule has 4 aromatic rings. The number of unbranched alkanes of at least 4 members (excludes halogenated alkanes) is 2. The summed E-state index contributed by atoms with van der Waals surface area (Å²) in [6.07, 6.45) is 5.04. The first-order valence-corrected chi connectivity index (χ1v) is 9.84. The lowest BCUT2D eigenvalue weighted by atomic mass is 9.82. The normalized spacial score (nSPS) is 11.5. The third-order valence-corrected chi connectivity index (χ3v) is 5.49. The minimum Gasteiger partial charge on any atom is -0.0654 e. The average Bonchev–Trinajstić information content (AvgIpc) is 2.71. The molecule has 0 bridgehead atoms. The van der Waals surface area contributed by atoms with E-state index in [2.05, 4.69) is 91.9 Å². The van der Waals surface area contributed by atoms with Gasteiger partial charge in [0.1, 0.15) is 0 Å². The number of rotatable bonds is 6. The second kappa shape index (κ2) is 7.74. The summed E-state index contributed by atoms with van der Waals surface area (Å²) in [5.74, 6) is 0.443. The molecule has 0 spiro atoms. The summed E-state index contributed by atoms with van der Waals surface area (Å²) in [4.78, 5) is 0. The van der Waals surface area contributed by atoms with Crippen LogP contribution in [0.25, 0.3) is 21.5 Å².